The fourth-order valence-electron chi connectivity index (χ4n) is 1.98. The van der Waals surface area contributed by atoms with Gasteiger partial charge >= 0.3 is 0 Å². The molecule has 1 rings (SSSR count). The molecule has 0 aliphatic carbocycles. The van der Waals surface area contributed by atoms with E-state index in [1.54, 1.807) is 0 Å². The summed E-state index contributed by atoms with van der Waals surface area (Å²) in [6.45, 7) is 6.32. The van der Waals surface area contributed by atoms with Crippen LogP contribution in [0.3, 0.4) is 0 Å². The van der Waals surface area contributed by atoms with Crippen molar-refractivity contribution in [2.75, 3.05) is 26.2 Å². The van der Waals surface area contributed by atoms with Crippen LogP contribution in [0.4, 0.5) is 0 Å². The monoisotopic (exact) mass is 213 g/mol. The molecule has 4 nitrogen and oxygen atoms in total. The highest BCUT2D eigenvalue weighted by atomic mass is 16.1. The van der Waals surface area contributed by atoms with E-state index in [2.05, 4.69) is 17.1 Å². The van der Waals surface area contributed by atoms with Crippen LogP contribution in [-0.2, 0) is 4.79 Å². The Morgan fingerprint density at radius 3 is 2.67 bits per heavy atom. The van der Waals surface area contributed by atoms with E-state index in [4.69, 9.17) is 5.73 Å². The van der Waals surface area contributed by atoms with Crippen molar-refractivity contribution in [1.29, 1.82) is 0 Å². The third-order valence-electron chi connectivity index (χ3n) is 2.95. The Bertz CT molecular complexity index is 188. The van der Waals surface area contributed by atoms with Crippen molar-refractivity contribution in [2.45, 2.75) is 38.6 Å². The Morgan fingerprint density at radius 2 is 2.13 bits per heavy atom. The molecule has 0 aromatic rings. The highest BCUT2D eigenvalue weighted by molar-refractivity contribution is 5.73. The first-order valence-corrected chi connectivity index (χ1v) is 5.96. The van der Waals surface area contributed by atoms with Crippen molar-refractivity contribution in [3.63, 3.8) is 0 Å². The van der Waals surface area contributed by atoms with Crippen LogP contribution in [0, 0.1) is 0 Å². The fraction of sp³-hybridized carbons (Fsp3) is 0.909. The third-order valence-corrected chi connectivity index (χ3v) is 2.95. The molecule has 0 atom stereocenters. The van der Waals surface area contributed by atoms with E-state index in [0.717, 1.165) is 26.2 Å². The zero-order valence-corrected chi connectivity index (χ0v) is 9.67. The number of primary amides is 1. The van der Waals surface area contributed by atoms with Gasteiger partial charge in [-0.1, -0.05) is 6.92 Å². The van der Waals surface area contributed by atoms with Gasteiger partial charge in [0.25, 0.3) is 0 Å². The quantitative estimate of drug-likeness (QED) is 0.668. The standard InChI is InChI=1S/C11H23N3O/c1-2-6-13-10-3-7-14(8-4-10)9-5-11(12)15/h10,13H,2-9H2,1H3,(H2,12,15). The maximum atomic E-state index is 10.6. The molecule has 4 heteroatoms. The van der Waals surface area contributed by atoms with Gasteiger partial charge in [0.1, 0.15) is 0 Å². The van der Waals surface area contributed by atoms with E-state index in [1.165, 1.54) is 19.3 Å². The third kappa shape index (κ3) is 5.14. The minimum Gasteiger partial charge on any atom is -0.370 e. The predicted octanol–water partition coefficient (Wildman–Crippen LogP) is 0.326. The highest BCUT2D eigenvalue weighted by Gasteiger charge is 2.18. The largest absolute Gasteiger partial charge is 0.370 e. The number of piperidine rings is 1. The molecule has 15 heavy (non-hydrogen) atoms. The molecule has 1 aliphatic rings. The van der Waals surface area contributed by atoms with Crippen LogP contribution in [0.25, 0.3) is 0 Å². The zero-order valence-electron chi connectivity index (χ0n) is 9.67. The molecule has 0 aromatic carbocycles. The molecule has 88 valence electrons. The van der Waals surface area contributed by atoms with Crippen LogP contribution in [-0.4, -0.2) is 43.0 Å². The number of nitrogens with two attached hydrogens (primary N) is 1. The van der Waals surface area contributed by atoms with Crippen LogP contribution < -0.4 is 11.1 Å². The zero-order chi connectivity index (χ0) is 11.1. The normalized spacial score (nSPS) is 19.3. The number of nitrogens with zero attached hydrogens (tertiary/aromatic N) is 1. The van der Waals surface area contributed by atoms with Crippen molar-refractivity contribution in [3.05, 3.63) is 0 Å². The van der Waals surface area contributed by atoms with E-state index >= 15 is 0 Å². The van der Waals surface area contributed by atoms with E-state index in [-0.39, 0.29) is 5.91 Å². The highest BCUT2D eigenvalue weighted by Crippen LogP contribution is 2.10. The second-order valence-electron chi connectivity index (χ2n) is 4.29. The minimum atomic E-state index is -0.193. The van der Waals surface area contributed by atoms with Crippen molar-refractivity contribution in [1.82, 2.24) is 10.2 Å². The number of carbonyl (C=O) groups excluding carboxylic acids is 1. The molecule has 0 unspecified atom stereocenters. The summed E-state index contributed by atoms with van der Waals surface area (Å²) in [5.41, 5.74) is 5.12. The number of hydrogen-bond acceptors (Lipinski definition) is 3. The summed E-state index contributed by atoms with van der Waals surface area (Å²) in [5.74, 6) is -0.193. The van der Waals surface area contributed by atoms with E-state index in [1.807, 2.05) is 0 Å². The maximum Gasteiger partial charge on any atom is 0.218 e. The summed E-state index contributed by atoms with van der Waals surface area (Å²) in [6, 6.07) is 0.676. The van der Waals surface area contributed by atoms with Crippen LogP contribution in [0.5, 0.6) is 0 Å². The number of nitrogens with one attached hydrogen (secondary N) is 1. The summed E-state index contributed by atoms with van der Waals surface area (Å²) in [6.07, 6.45) is 4.08. The van der Waals surface area contributed by atoms with Gasteiger partial charge in [0.05, 0.1) is 0 Å². The van der Waals surface area contributed by atoms with Crippen LogP contribution in [0.2, 0.25) is 0 Å². The smallest absolute Gasteiger partial charge is 0.218 e. The lowest BCUT2D eigenvalue weighted by Gasteiger charge is -2.32. The first-order valence-electron chi connectivity index (χ1n) is 5.96. The van der Waals surface area contributed by atoms with Crippen molar-refractivity contribution in [3.8, 4) is 0 Å². The average Bonchev–Trinajstić information content (AvgIpc) is 2.25. The summed E-state index contributed by atoms with van der Waals surface area (Å²) < 4.78 is 0. The summed E-state index contributed by atoms with van der Waals surface area (Å²) in [5, 5.41) is 3.54. The summed E-state index contributed by atoms with van der Waals surface area (Å²) in [7, 11) is 0. The second-order valence-corrected chi connectivity index (χ2v) is 4.29. The predicted molar refractivity (Wildman–Crippen MR) is 61.6 cm³/mol. The van der Waals surface area contributed by atoms with Crippen LogP contribution >= 0.6 is 0 Å². The molecule has 1 heterocycles. The number of amides is 1. The van der Waals surface area contributed by atoms with Crippen LogP contribution in [0.1, 0.15) is 32.6 Å². The molecule has 0 bridgehead atoms. The van der Waals surface area contributed by atoms with Gasteiger partial charge in [0, 0.05) is 19.0 Å². The average molecular weight is 213 g/mol. The summed E-state index contributed by atoms with van der Waals surface area (Å²) >= 11 is 0. The van der Waals surface area contributed by atoms with Gasteiger partial charge < -0.3 is 16.0 Å². The molecule has 1 fully saturated rings. The first kappa shape index (κ1) is 12.5. The van der Waals surface area contributed by atoms with Gasteiger partial charge in [-0.05, 0) is 38.9 Å². The molecule has 0 saturated carbocycles. The van der Waals surface area contributed by atoms with Gasteiger partial charge in [-0.25, -0.2) is 0 Å². The van der Waals surface area contributed by atoms with Crippen molar-refractivity contribution in [2.24, 2.45) is 5.73 Å². The molecule has 1 aliphatic heterocycles. The molecule has 0 spiro atoms. The van der Waals surface area contributed by atoms with Gasteiger partial charge in [-0.3, -0.25) is 4.79 Å². The Balaban J connectivity index is 2.09. The van der Waals surface area contributed by atoms with E-state index < -0.39 is 0 Å². The van der Waals surface area contributed by atoms with Crippen molar-refractivity contribution < 1.29 is 4.79 Å². The van der Waals surface area contributed by atoms with Crippen LogP contribution in [0.15, 0.2) is 0 Å². The number of hydrogen-bond donors (Lipinski definition) is 2. The first-order chi connectivity index (χ1) is 7.22. The lowest BCUT2D eigenvalue weighted by atomic mass is 10.0. The number of rotatable bonds is 6. The lowest BCUT2D eigenvalue weighted by molar-refractivity contribution is -0.118. The Hall–Kier alpha value is -0.610. The Kier molecular flexibility index (Phi) is 5.65. The molecule has 1 amide bonds. The van der Waals surface area contributed by atoms with E-state index in [9.17, 15) is 4.79 Å². The summed E-state index contributed by atoms with van der Waals surface area (Å²) in [4.78, 5) is 13.0. The number of likely N-dealkylation sites (tertiary alicyclic amines) is 1. The fourth-order valence-corrected chi connectivity index (χ4v) is 1.98. The molecule has 1 saturated heterocycles. The Labute approximate surface area is 92.2 Å². The second kappa shape index (κ2) is 6.80. The lowest BCUT2D eigenvalue weighted by Crippen LogP contribution is -2.43. The molecular formula is C11H23N3O. The SMILES string of the molecule is CCCNC1CCN(CCC(N)=O)CC1. The molecular weight excluding hydrogens is 190 g/mol. The van der Waals surface area contributed by atoms with E-state index in [0.29, 0.717) is 12.5 Å². The maximum absolute atomic E-state index is 10.6. The van der Waals surface area contributed by atoms with Crippen molar-refractivity contribution >= 4 is 5.91 Å². The van der Waals surface area contributed by atoms with Gasteiger partial charge in [-0.2, -0.15) is 0 Å². The number of carbonyl (C=O) groups is 1. The van der Waals surface area contributed by atoms with Gasteiger partial charge in [0.2, 0.25) is 5.91 Å². The van der Waals surface area contributed by atoms with Gasteiger partial charge in [-0.15, -0.1) is 0 Å². The minimum absolute atomic E-state index is 0.193. The van der Waals surface area contributed by atoms with Gasteiger partial charge in [0.15, 0.2) is 0 Å². The topological polar surface area (TPSA) is 58.4 Å². The molecule has 0 radical (unpaired) electrons. The Morgan fingerprint density at radius 1 is 1.47 bits per heavy atom. The molecule has 3 N–H and O–H groups in total. The molecule has 0 aromatic heterocycles.